The Bertz CT molecular complexity index is 507. The summed E-state index contributed by atoms with van der Waals surface area (Å²) in [6.07, 6.45) is 0. The average Bonchev–Trinajstić information content (AvgIpc) is 2.37. The first kappa shape index (κ1) is 17.3. The van der Waals surface area contributed by atoms with Crippen LogP contribution in [0.15, 0.2) is 29.4 Å². The zero-order valence-corrected chi connectivity index (χ0v) is 13.6. The molecule has 0 radical (unpaired) electrons. The molecule has 0 bridgehead atoms. The minimum absolute atomic E-state index is 0.107. The monoisotopic (exact) mass is 311 g/mol. The van der Waals surface area contributed by atoms with Crippen molar-refractivity contribution < 1.29 is 9.63 Å². The van der Waals surface area contributed by atoms with E-state index in [-0.39, 0.29) is 30.4 Å². The van der Waals surface area contributed by atoms with Crippen LogP contribution in [-0.4, -0.2) is 35.3 Å². The van der Waals surface area contributed by atoms with Gasteiger partial charge in [-0.25, -0.2) is 0 Å². The maximum Gasteiger partial charge on any atom is 0.263 e. The van der Waals surface area contributed by atoms with Crippen molar-refractivity contribution in [3.8, 4) is 0 Å². The summed E-state index contributed by atoms with van der Waals surface area (Å²) in [5.74, 6) is 0.0635. The summed E-state index contributed by atoms with van der Waals surface area (Å²) in [5.41, 5.74) is 6.44. The van der Waals surface area contributed by atoms with Gasteiger partial charge in [-0.1, -0.05) is 28.9 Å². The molecule has 0 atom stereocenters. The molecule has 5 nitrogen and oxygen atoms in total. The molecule has 0 aliphatic rings. The second-order valence-corrected chi connectivity index (χ2v) is 5.69. The number of hydrogen-bond acceptors (Lipinski definition) is 3. The smallest absolute Gasteiger partial charge is 0.263 e. The molecule has 0 saturated heterocycles. The molecule has 2 N–H and O–H groups in total. The molecule has 0 saturated carbocycles. The maximum atomic E-state index is 12.1. The standard InChI is InChI=1S/C15H22ClN3O2/c1-10(2)19(11(3)4)14(20)9-21-18-15(17)12-6-5-7-13(16)8-12/h5-8,10-11H,9H2,1-4H3,(H2,17,18). The number of nitrogens with zero attached hydrogens (tertiary/aromatic N) is 2. The van der Waals surface area contributed by atoms with Gasteiger partial charge < -0.3 is 15.5 Å². The van der Waals surface area contributed by atoms with Crippen LogP contribution in [0, 0.1) is 0 Å². The van der Waals surface area contributed by atoms with Crippen molar-refractivity contribution >= 4 is 23.3 Å². The summed E-state index contributed by atoms with van der Waals surface area (Å²) < 4.78 is 0. The average molecular weight is 312 g/mol. The van der Waals surface area contributed by atoms with Crippen molar-refractivity contribution in [3.63, 3.8) is 0 Å². The molecule has 6 heteroatoms. The van der Waals surface area contributed by atoms with Crippen LogP contribution >= 0.6 is 11.6 Å². The van der Waals surface area contributed by atoms with Crippen molar-refractivity contribution in [2.24, 2.45) is 10.9 Å². The quantitative estimate of drug-likeness (QED) is 0.499. The second kappa shape index (κ2) is 7.88. The molecule has 21 heavy (non-hydrogen) atoms. The highest BCUT2D eigenvalue weighted by Gasteiger charge is 2.20. The number of carbonyl (C=O) groups is 1. The molecule has 0 fully saturated rings. The highest BCUT2D eigenvalue weighted by Crippen LogP contribution is 2.10. The minimum Gasteiger partial charge on any atom is -0.384 e. The summed E-state index contributed by atoms with van der Waals surface area (Å²) in [7, 11) is 0. The Balaban J connectivity index is 2.63. The molecule has 0 unspecified atom stereocenters. The lowest BCUT2D eigenvalue weighted by molar-refractivity contribution is -0.139. The number of amides is 1. The number of hydrogen-bond donors (Lipinski definition) is 1. The number of rotatable bonds is 6. The first-order chi connectivity index (χ1) is 9.82. The van der Waals surface area contributed by atoms with Gasteiger partial charge in [-0.2, -0.15) is 0 Å². The molecule has 116 valence electrons. The summed E-state index contributed by atoms with van der Waals surface area (Å²) >= 11 is 5.87. The van der Waals surface area contributed by atoms with E-state index in [1.165, 1.54) is 0 Å². The number of nitrogens with two attached hydrogens (primary N) is 1. The van der Waals surface area contributed by atoms with Gasteiger partial charge >= 0.3 is 0 Å². The largest absolute Gasteiger partial charge is 0.384 e. The van der Waals surface area contributed by atoms with Gasteiger partial charge in [-0.05, 0) is 39.8 Å². The van der Waals surface area contributed by atoms with Gasteiger partial charge in [0.05, 0.1) is 0 Å². The van der Waals surface area contributed by atoms with E-state index < -0.39 is 0 Å². The Morgan fingerprint density at radius 1 is 1.33 bits per heavy atom. The summed E-state index contributed by atoms with van der Waals surface area (Å²) in [6, 6.07) is 7.17. The van der Waals surface area contributed by atoms with E-state index in [4.69, 9.17) is 22.2 Å². The van der Waals surface area contributed by atoms with Crippen molar-refractivity contribution in [1.82, 2.24) is 4.90 Å². The van der Waals surface area contributed by atoms with E-state index in [9.17, 15) is 4.79 Å². The fraction of sp³-hybridized carbons (Fsp3) is 0.467. The Morgan fingerprint density at radius 2 is 1.95 bits per heavy atom. The maximum absolute atomic E-state index is 12.1. The number of amidine groups is 1. The van der Waals surface area contributed by atoms with E-state index >= 15 is 0 Å². The molecule has 0 aliphatic carbocycles. The van der Waals surface area contributed by atoms with E-state index in [0.29, 0.717) is 10.6 Å². The Labute approximate surface area is 130 Å². The van der Waals surface area contributed by atoms with Gasteiger partial charge in [-0.15, -0.1) is 0 Å². The molecule has 0 aromatic heterocycles. The van der Waals surface area contributed by atoms with Gasteiger partial charge in [0.25, 0.3) is 5.91 Å². The predicted octanol–water partition coefficient (Wildman–Crippen LogP) is 2.62. The molecule has 1 amide bonds. The number of carbonyl (C=O) groups excluding carboxylic acids is 1. The Hall–Kier alpha value is -1.75. The second-order valence-electron chi connectivity index (χ2n) is 5.25. The SMILES string of the molecule is CC(C)N(C(=O)CO/N=C(/N)c1cccc(Cl)c1)C(C)C. The zero-order valence-electron chi connectivity index (χ0n) is 12.8. The normalized spacial score (nSPS) is 11.9. The fourth-order valence-corrected chi connectivity index (χ4v) is 2.29. The van der Waals surface area contributed by atoms with Crippen LogP contribution in [0.3, 0.4) is 0 Å². The lowest BCUT2D eigenvalue weighted by Crippen LogP contribution is -2.43. The van der Waals surface area contributed by atoms with Gasteiger partial charge in [-0.3, -0.25) is 4.79 Å². The minimum atomic E-state index is -0.141. The third kappa shape index (κ3) is 5.27. The molecule has 1 aromatic carbocycles. The van der Waals surface area contributed by atoms with Crippen LogP contribution in [0.25, 0.3) is 0 Å². The van der Waals surface area contributed by atoms with Crippen LogP contribution in [0.4, 0.5) is 0 Å². The van der Waals surface area contributed by atoms with Crippen LogP contribution in [0.5, 0.6) is 0 Å². The Kier molecular flexibility index (Phi) is 6.49. The van der Waals surface area contributed by atoms with Crippen molar-refractivity contribution in [3.05, 3.63) is 34.9 Å². The van der Waals surface area contributed by atoms with E-state index in [1.54, 1.807) is 29.2 Å². The Morgan fingerprint density at radius 3 is 2.48 bits per heavy atom. The van der Waals surface area contributed by atoms with E-state index in [1.807, 2.05) is 27.7 Å². The predicted molar refractivity (Wildman–Crippen MR) is 85.2 cm³/mol. The molecule has 1 rings (SSSR count). The number of halogens is 1. The van der Waals surface area contributed by atoms with Crippen molar-refractivity contribution in [1.29, 1.82) is 0 Å². The van der Waals surface area contributed by atoms with Gasteiger partial charge in [0, 0.05) is 22.7 Å². The molecule has 0 heterocycles. The first-order valence-electron chi connectivity index (χ1n) is 6.85. The molecule has 0 spiro atoms. The lowest BCUT2D eigenvalue weighted by Gasteiger charge is -2.30. The van der Waals surface area contributed by atoms with Crippen molar-refractivity contribution in [2.75, 3.05) is 6.61 Å². The van der Waals surface area contributed by atoms with Crippen LogP contribution < -0.4 is 5.73 Å². The fourth-order valence-electron chi connectivity index (χ4n) is 2.10. The van der Waals surface area contributed by atoms with Crippen molar-refractivity contribution in [2.45, 2.75) is 39.8 Å². The summed E-state index contributed by atoms with van der Waals surface area (Å²) in [5, 5.41) is 4.33. The highest BCUT2D eigenvalue weighted by atomic mass is 35.5. The number of benzene rings is 1. The molecular formula is C15H22ClN3O2. The third-order valence-electron chi connectivity index (χ3n) is 2.87. The van der Waals surface area contributed by atoms with Crippen LogP contribution in [0.1, 0.15) is 33.3 Å². The highest BCUT2D eigenvalue weighted by molar-refractivity contribution is 6.31. The van der Waals surface area contributed by atoms with Crippen LogP contribution in [0.2, 0.25) is 5.02 Å². The van der Waals surface area contributed by atoms with E-state index in [2.05, 4.69) is 5.16 Å². The molecular weight excluding hydrogens is 290 g/mol. The number of oxime groups is 1. The third-order valence-corrected chi connectivity index (χ3v) is 3.11. The first-order valence-corrected chi connectivity index (χ1v) is 7.23. The molecule has 1 aromatic rings. The van der Waals surface area contributed by atoms with Gasteiger partial charge in [0.1, 0.15) is 0 Å². The van der Waals surface area contributed by atoms with Gasteiger partial charge in [0.15, 0.2) is 12.4 Å². The molecule has 0 aliphatic heterocycles. The topological polar surface area (TPSA) is 67.9 Å². The van der Waals surface area contributed by atoms with E-state index in [0.717, 1.165) is 0 Å². The zero-order chi connectivity index (χ0) is 16.0. The lowest BCUT2D eigenvalue weighted by atomic mass is 10.2. The summed E-state index contributed by atoms with van der Waals surface area (Å²) in [6.45, 7) is 7.70. The summed E-state index contributed by atoms with van der Waals surface area (Å²) in [4.78, 5) is 18.9. The van der Waals surface area contributed by atoms with Gasteiger partial charge in [0.2, 0.25) is 0 Å². The van der Waals surface area contributed by atoms with Crippen LogP contribution in [-0.2, 0) is 9.63 Å².